The summed E-state index contributed by atoms with van der Waals surface area (Å²) in [6, 6.07) is 4.78. The molecule has 0 aromatic heterocycles. The van der Waals surface area contributed by atoms with Crippen LogP contribution in [0.3, 0.4) is 0 Å². The fourth-order valence-electron chi connectivity index (χ4n) is 3.43. The van der Waals surface area contributed by atoms with Crippen LogP contribution >= 0.6 is 0 Å². The summed E-state index contributed by atoms with van der Waals surface area (Å²) < 4.78 is 19.2. The minimum atomic E-state index is -0.452. The Labute approximate surface area is 137 Å². The van der Waals surface area contributed by atoms with Crippen LogP contribution in [0.25, 0.3) is 0 Å². The maximum Gasteiger partial charge on any atom is 0.254 e. The minimum Gasteiger partial charge on any atom is -0.381 e. The molecule has 0 aliphatic carbocycles. The van der Waals surface area contributed by atoms with Crippen LogP contribution in [0, 0.1) is 18.7 Å². The van der Waals surface area contributed by atoms with Crippen LogP contribution in [0.2, 0.25) is 0 Å². The van der Waals surface area contributed by atoms with Gasteiger partial charge in [-0.2, -0.15) is 0 Å². The van der Waals surface area contributed by atoms with E-state index in [2.05, 4.69) is 10.2 Å². The van der Waals surface area contributed by atoms with Gasteiger partial charge in [-0.05, 0) is 44.2 Å². The standard InChI is InChI=1S/C18H25FN2O2/c1-13-2-3-17(19)16(10-13)18(22)20-15-4-7-21(8-5-15)11-14-6-9-23-12-14/h2-3,10,14-15H,4-9,11-12H2,1H3,(H,20,22)/t14-/m1/s1. The van der Waals surface area contributed by atoms with E-state index in [0.717, 1.165) is 57.7 Å². The van der Waals surface area contributed by atoms with Crippen molar-refractivity contribution in [3.63, 3.8) is 0 Å². The zero-order valence-corrected chi connectivity index (χ0v) is 13.7. The fourth-order valence-corrected chi connectivity index (χ4v) is 3.43. The van der Waals surface area contributed by atoms with E-state index in [1.807, 2.05) is 6.92 Å². The molecule has 1 atom stereocenters. The zero-order valence-electron chi connectivity index (χ0n) is 13.7. The van der Waals surface area contributed by atoms with E-state index in [1.54, 1.807) is 12.1 Å². The van der Waals surface area contributed by atoms with Crippen molar-refractivity contribution in [3.05, 3.63) is 35.1 Å². The molecule has 2 saturated heterocycles. The van der Waals surface area contributed by atoms with Gasteiger partial charge in [-0.3, -0.25) is 4.79 Å². The summed E-state index contributed by atoms with van der Waals surface area (Å²) in [7, 11) is 0. The van der Waals surface area contributed by atoms with Gasteiger partial charge >= 0.3 is 0 Å². The van der Waals surface area contributed by atoms with Crippen LogP contribution in [0.4, 0.5) is 4.39 Å². The summed E-state index contributed by atoms with van der Waals surface area (Å²) in [6.07, 6.45) is 3.00. The molecule has 126 valence electrons. The molecule has 2 fully saturated rings. The third-order valence-corrected chi connectivity index (χ3v) is 4.83. The maximum atomic E-state index is 13.8. The predicted octanol–water partition coefficient (Wildman–Crippen LogP) is 2.36. The first-order valence-corrected chi connectivity index (χ1v) is 8.49. The van der Waals surface area contributed by atoms with Gasteiger partial charge in [-0.1, -0.05) is 11.6 Å². The van der Waals surface area contributed by atoms with E-state index < -0.39 is 5.82 Å². The number of aryl methyl sites for hydroxylation is 1. The Kier molecular flexibility index (Phi) is 5.28. The Balaban J connectivity index is 1.48. The lowest BCUT2D eigenvalue weighted by molar-refractivity contribution is 0.0899. The molecule has 2 aliphatic rings. The van der Waals surface area contributed by atoms with Crippen molar-refractivity contribution < 1.29 is 13.9 Å². The topological polar surface area (TPSA) is 41.6 Å². The first kappa shape index (κ1) is 16.4. The van der Waals surface area contributed by atoms with Gasteiger partial charge in [0.05, 0.1) is 12.2 Å². The van der Waals surface area contributed by atoms with Crippen molar-refractivity contribution in [2.75, 3.05) is 32.8 Å². The lowest BCUT2D eigenvalue weighted by atomic mass is 10.0. The molecule has 2 heterocycles. The lowest BCUT2D eigenvalue weighted by Crippen LogP contribution is -2.46. The second kappa shape index (κ2) is 7.41. The van der Waals surface area contributed by atoms with E-state index in [9.17, 15) is 9.18 Å². The number of piperidine rings is 1. The highest BCUT2D eigenvalue weighted by Crippen LogP contribution is 2.18. The van der Waals surface area contributed by atoms with Gasteiger partial charge in [-0.15, -0.1) is 0 Å². The predicted molar refractivity (Wildman–Crippen MR) is 87.0 cm³/mol. The molecule has 2 aliphatic heterocycles. The average molecular weight is 320 g/mol. The summed E-state index contributed by atoms with van der Waals surface area (Å²) in [5, 5.41) is 2.99. The van der Waals surface area contributed by atoms with Crippen molar-refractivity contribution in [3.8, 4) is 0 Å². The number of benzene rings is 1. The van der Waals surface area contributed by atoms with Gasteiger partial charge in [0.15, 0.2) is 0 Å². The molecule has 0 spiro atoms. The Morgan fingerprint density at radius 3 is 2.83 bits per heavy atom. The Hall–Kier alpha value is -1.46. The highest BCUT2D eigenvalue weighted by atomic mass is 19.1. The molecule has 1 N–H and O–H groups in total. The first-order chi connectivity index (χ1) is 11.1. The monoisotopic (exact) mass is 320 g/mol. The number of nitrogens with one attached hydrogen (secondary N) is 1. The molecular formula is C18H25FN2O2. The van der Waals surface area contributed by atoms with Crippen LogP contribution in [0.5, 0.6) is 0 Å². The zero-order chi connectivity index (χ0) is 16.2. The molecule has 4 nitrogen and oxygen atoms in total. The van der Waals surface area contributed by atoms with Gasteiger partial charge in [0.25, 0.3) is 5.91 Å². The molecule has 1 aromatic carbocycles. The minimum absolute atomic E-state index is 0.137. The maximum absolute atomic E-state index is 13.8. The number of carbonyl (C=O) groups excluding carboxylic acids is 1. The van der Waals surface area contributed by atoms with Crippen molar-refractivity contribution in [1.82, 2.24) is 10.2 Å². The van der Waals surface area contributed by atoms with E-state index in [4.69, 9.17) is 4.74 Å². The summed E-state index contributed by atoms with van der Waals surface area (Å²) in [6.45, 7) is 6.69. The number of halogens is 1. The van der Waals surface area contributed by atoms with Crippen LogP contribution in [-0.4, -0.2) is 49.7 Å². The van der Waals surface area contributed by atoms with Crippen molar-refractivity contribution >= 4 is 5.91 Å². The third-order valence-electron chi connectivity index (χ3n) is 4.83. The normalized spacial score (nSPS) is 23.1. The Morgan fingerprint density at radius 2 is 2.13 bits per heavy atom. The molecule has 0 unspecified atom stereocenters. The van der Waals surface area contributed by atoms with Crippen LogP contribution < -0.4 is 5.32 Å². The molecule has 1 amide bonds. The number of hydrogen-bond donors (Lipinski definition) is 1. The molecule has 5 heteroatoms. The van der Waals surface area contributed by atoms with Gasteiger partial charge in [0.1, 0.15) is 5.82 Å². The van der Waals surface area contributed by atoms with E-state index in [-0.39, 0.29) is 17.5 Å². The Bertz CT molecular complexity index is 550. The van der Waals surface area contributed by atoms with Crippen LogP contribution in [-0.2, 0) is 4.74 Å². The number of carbonyl (C=O) groups is 1. The number of hydrogen-bond acceptors (Lipinski definition) is 3. The number of rotatable bonds is 4. The fraction of sp³-hybridized carbons (Fsp3) is 0.611. The number of nitrogens with zero attached hydrogens (tertiary/aromatic N) is 1. The summed E-state index contributed by atoms with van der Waals surface area (Å²) in [5.74, 6) is -0.0943. The molecule has 1 aromatic rings. The highest BCUT2D eigenvalue weighted by molar-refractivity contribution is 5.94. The molecule has 0 radical (unpaired) electrons. The smallest absolute Gasteiger partial charge is 0.254 e. The van der Waals surface area contributed by atoms with Crippen molar-refractivity contribution in [2.24, 2.45) is 5.92 Å². The van der Waals surface area contributed by atoms with Gasteiger partial charge < -0.3 is 15.0 Å². The van der Waals surface area contributed by atoms with E-state index in [0.29, 0.717) is 5.92 Å². The summed E-state index contributed by atoms with van der Waals surface area (Å²) >= 11 is 0. The van der Waals surface area contributed by atoms with E-state index >= 15 is 0 Å². The largest absolute Gasteiger partial charge is 0.381 e. The number of amides is 1. The molecule has 0 bridgehead atoms. The molecule has 23 heavy (non-hydrogen) atoms. The third kappa shape index (κ3) is 4.30. The quantitative estimate of drug-likeness (QED) is 0.926. The highest BCUT2D eigenvalue weighted by Gasteiger charge is 2.25. The van der Waals surface area contributed by atoms with Crippen LogP contribution in [0.15, 0.2) is 18.2 Å². The second-order valence-corrected chi connectivity index (χ2v) is 6.76. The molecule has 0 saturated carbocycles. The van der Waals surface area contributed by atoms with Gasteiger partial charge in [0.2, 0.25) is 0 Å². The molecular weight excluding hydrogens is 295 g/mol. The average Bonchev–Trinajstić information content (AvgIpc) is 3.04. The van der Waals surface area contributed by atoms with Gasteiger partial charge in [0, 0.05) is 32.3 Å². The molecule has 3 rings (SSSR count). The summed E-state index contributed by atoms with van der Waals surface area (Å²) in [5.41, 5.74) is 1.04. The van der Waals surface area contributed by atoms with E-state index in [1.165, 1.54) is 6.07 Å². The Morgan fingerprint density at radius 1 is 1.35 bits per heavy atom. The second-order valence-electron chi connectivity index (χ2n) is 6.76. The van der Waals surface area contributed by atoms with Crippen molar-refractivity contribution in [1.29, 1.82) is 0 Å². The lowest BCUT2D eigenvalue weighted by Gasteiger charge is -2.33. The summed E-state index contributed by atoms with van der Waals surface area (Å²) in [4.78, 5) is 14.7. The number of ether oxygens (including phenoxy) is 1. The first-order valence-electron chi connectivity index (χ1n) is 8.49. The SMILES string of the molecule is Cc1ccc(F)c(C(=O)NC2CCN(C[C@H]3CCOC3)CC2)c1. The van der Waals surface area contributed by atoms with Crippen LogP contribution in [0.1, 0.15) is 35.2 Å². The van der Waals surface area contributed by atoms with Gasteiger partial charge in [-0.25, -0.2) is 4.39 Å². The van der Waals surface area contributed by atoms with Crippen molar-refractivity contribution in [2.45, 2.75) is 32.2 Å². The number of likely N-dealkylation sites (tertiary alicyclic amines) is 1.